The second-order valence-electron chi connectivity index (χ2n) is 7.09. The molecule has 2 aromatic rings. The number of carbonyl (C=O) groups excluding carboxylic acids is 2. The average Bonchev–Trinajstić information content (AvgIpc) is 2.99. The Morgan fingerprint density at radius 2 is 1.87 bits per heavy atom. The number of ketones is 1. The van der Waals surface area contributed by atoms with Crippen molar-refractivity contribution in [2.45, 2.75) is 39.8 Å². The van der Waals surface area contributed by atoms with Crippen molar-refractivity contribution in [3.8, 4) is 6.07 Å². The summed E-state index contributed by atoms with van der Waals surface area (Å²) in [5.41, 5.74) is 2.56. The molecule has 6 nitrogen and oxygen atoms in total. The lowest BCUT2D eigenvalue weighted by Gasteiger charge is -2.17. The number of esters is 1. The van der Waals surface area contributed by atoms with Crippen LogP contribution in [0.1, 0.15) is 47.2 Å². The van der Waals surface area contributed by atoms with Crippen molar-refractivity contribution in [1.29, 1.82) is 5.26 Å². The average molecular weight is 412 g/mol. The predicted molar refractivity (Wildman–Crippen MR) is 110 cm³/mol. The molecule has 0 bridgehead atoms. The van der Waals surface area contributed by atoms with Crippen LogP contribution in [-0.4, -0.2) is 36.1 Å². The van der Waals surface area contributed by atoms with E-state index in [4.69, 9.17) is 9.47 Å². The summed E-state index contributed by atoms with van der Waals surface area (Å²) in [5.74, 6) is -1.84. The zero-order chi connectivity index (χ0) is 22.4. The van der Waals surface area contributed by atoms with E-state index in [0.29, 0.717) is 12.2 Å². The van der Waals surface area contributed by atoms with E-state index < -0.39 is 23.7 Å². The summed E-state index contributed by atoms with van der Waals surface area (Å²) in [4.78, 5) is 24.8. The first kappa shape index (κ1) is 23.0. The highest BCUT2D eigenvalue weighted by Crippen LogP contribution is 2.23. The first-order chi connectivity index (χ1) is 14.2. The SMILES string of the molecule is COC[C@H](C)n1c(C)cc(/C=C(\C#N)C(=O)O[C@@H](C)C(=O)c2ccc(F)cc2)c1C. The first-order valence-electron chi connectivity index (χ1n) is 9.49. The van der Waals surface area contributed by atoms with Crippen LogP contribution in [0.25, 0.3) is 6.08 Å². The number of Topliss-reactive ketones (excluding diaryl/α,β-unsaturated/α-hetero) is 1. The molecule has 0 aliphatic rings. The molecular weight excluding hydrogens is 387 g/mol. The minimum absolute atomic E-state index is 0.0861. The Bertz CT molecular complexity index is 999. The van der Waals surface area contributed by atoms with Gasteiger partial charge in [-0.3, -0.25) is 4.79 Å². The van der Waals surface area contributed by atoms with Gasteiger partial charge in [0.25, 0.3) is 0 Å². The topological polar surface area (TPSA) is 81.3 Å². The number of carbonyl (C=O) groups is 2. The molecule has 0 N–H and O–H groups in total. The van der Waals surface area contributed by atoms with Crippen LogP contribution in [0.4, 0.5) is 4.39 Å². The molecule has 30 heavy (non-hydrogen) atoms. The molecule has 0 radical (unpaired) electrons. The number of aryl methyl sites for hydroxylation is 1. The summed E-state index contributed by atoms with van der Waals surface area (Å²) in [6, 6.07) is 8.75. The summed E-state index contributed by atoms with van der Waals surface area (Å²) in [6.45, 7) is 7.78. The van der Waals surface area contributed by atoms with E-state index in [0.717, 1.165) is 23.5 Å². The number of rotatable bonds is 8. The molecule has 0 saturated carbocycles. The van der Waals surface area contributed by atoms with E-state index in [2.05, 4.69) is 4.57 Å². The van der Waals surface area contributed by atoms with Gasteiger partial charge in [-0.05, 0) is 69.7 Å². The van der Waals surface area contributed by atoms with Crippen LogP contribution in [0, 0.1) is 31.0 Å². The number of benzene rings is 1. The third kappa shape index (κ3) is 5.22. The molecule has 2 atom stereocenters. The van der Waals surface area contributed by atoms with E-state index >= 15 is 0 Å². The largest absolute Gasteiger partial charge is 0.450 e. The van der Waals surface area contributed by atoms with Crippen molar-refractivity contribution in [2.24, 2.45) is 0 Å². The summed E-state index contributed by atoms with van der Waals surface area (Å²) >= 11 is 0. The molecule has 0 fully saturated rings. The maximum absolute atomic E-state index is 13.0. The lowest BCUT2D eigenvalue weighted by molar-refractivity contribution is -0.141. The van der Waals surface area contributed by atoms with Gasteiger partial charge in [-0.2, -0.15) is 5.26 Å². The molecule has 1 aromatic heterocycles. The monoisotopic (exact) mass is 412 g/mol. The van der Waals surface area contributed by atoms with Gasteiger partial charge >= 0.3 is 5.97 Å². The van der Waals surface area contributed by atoms with Crippen molar-refractivity contribution in [1.82, 2.24) is 4.57 Å². The maximum atomic E-state index is 13.0. The van der Waals surface area contributed by atoms with Gasteiger partial charge in [0.2, 0.25) is 5.78 Å². The Morgan fingerprint density at radius 3 is 2.43 bits per heavy atom. The van der Waals surface area contributed by atoms with Gasteiger partial charge < -0.3 is 14.0 Å². The Morgan fingerprint density at radius 1 is 1.23 bits per heavy atom. The first-order valence-corrected chi connectivity index (χ1v) is 9.49. The van der Waals surface area contributed by atoms with E-state index in [9.17, 15) is 19.2 Å². The highest BCUT2D eigenvalue weighted by molar-refractivity contribution is 6.03. The normalized spacial score (nSPS) is 13.4. The number of ether oxygens (including phenoxy) is 2. The van der Waals surface area contributed by atoms with Gasteiger partial charge in [0.05, 0.1) is 12.6 Å². The van der Waals surface area contributed by atoms with E-state index in [1.165, 1.54) is 25.1 Å². The molecular formula is C23H25FN2O4. The molecule has 7 heteroatoms. The van der Waals surface area contributed by atoms with Crippen molar-refractivity contribution in [2.75, 3.05) is 13.7 Å². The molecule has 0 unspecified atom stereocenters. The van der Waals surface area contributed by atoms with Crippen molar-refractivity contribution < 1.29 is 23.5 Å². The second kappa shape index (κ2) is 9.99. The maximum Gasteiger partial charge on any atom is 0.349 e. The number of halogens is 1. The summed E-state index contributed by atoms with van der Waals surface area (Å²) in [5, 5.41) is 9.44. The minimum Gasteiger partial charge on any atom is -0.450 e. The number of nitrogens with zero attached hydrogens (tertiary/aromatic N) is 2. The third-order valence-corrected chi connectivity index (χ3v) is 4.79. The molecule has 0 spiro atoms. The smallest absolute Gasteiger partial charge is 0.349 e. The highest BCUT2D eigenvalue weighted by atomic mass is 19.1. The van der Waals surface area contributed by atoms with Crippen molar-refractivity contribution >= 4 is 17.8 Å². The molecule has 1 heterocycles. The molecule has 0 amide bonds. The summed E-state index contributed by atoms with van der Waals surface area (Å²) in [6.07, 6.45) is 0.337. The number of nitriles is 1. The summed E-state index contributed by atoms with van der Waals surface area (Å²) < 4.78 is 25.5. The number of methoxy groups -OCH3 is 1. The quantitative estimate of drug-likeness (QED) is 0.281. The van der Waals surface area contributed by atoms with Gasteiger partial charge in [-0.25, -0.2) is 9.18 Å². The zero-order valence-corrected chi connectivity index (χ0v) is 17.7. The Hall–Kier alpha value is -3.24. The lowest BCUT2D eigenvalue weighted by Crippen LogP contribution is -2.25. The van der Waals surface area contributed by atoms with Crippen LogP contribution in [0.15, 0.2) is 35.9 Å². The number of hydrogen-bond donors (Lipinski definition) is 0. The molecule has 158 valence electrons. The second-order valence-corrected chi connectivity index (χ2v) is 7.09. The van der Waals surface area contributed by atoms with Gasteiger partial charge in [-0.15, -0.1) is 0 Å². The van der Waals surface area contributed by atoms with Crippen LogP contribution >= 0.6 is 0 Å². The minimum atomic E-state index is -1.12. The third-order valence-electron chi connectivity index (χ3n) is 4.79. The van der Waals surface area contributed by atoms with Crippen molar-refractivity contribution in [3.05, 3.63) is 64.2 Å². The zero-order valence-electron chi connectivity index (χ0n) is 17.7. The van der Waals surface area contributed by atoms with Crippen molar-refractivity contribution in [3.63, 3.8) is 0 Å². The fourth-order valence-corrected chi connectivity index (χ4v) is 3.36. The fraction of sp³-hybridized carbons (Fsp3) is 0.348. The van der Waals surface area contributed by atoms with E-state index in [1.807, 2.05) is 32.9 Å². The lowest BCUT2D eigenvalue weighted by atomic mass is 10.1. The number of hydrogen-bond acceptors (Lipinski definition) is 5. The predicted octanol–water partition coefficient (Wildman–Crippen LogP) is 4.17. The molecule has 0 aliphatic carbocycles. The van der Waals surface area contributed by atoms with Gasteiger partial charge in [-0.1, -0.05) is 0 Å². The fourth-order valence-electron chi connectivity index (χ4n) is 3.36. The Kier molecular flexibility index (Phi) is 7.67. The van der Waals surface area contributed by atoms with Crippen LogP contribution in [0.5, 0.6) is 0 Å². The van der Waals surface area contributed by atoms with E-state index in [-0.39, 0.29) is 17.2 Å². The molecule has 1 aromatic carbocycles. The van der Waals surface area contributed by atoms with Crippen LogP contribution in [-0.2, 0) is 14.3 Å². The van der Waals surface area contributed by atoms with Gasteiger partial charge in [0, 0.05) is 24.1 Å². The van der Waals surface area contributed by atoms with Crippen LogP contribution in [0.3, 0.4) is 0 Å². The standard InChI is InChI=1S/C23H25FN2O4/c1-14-10-19(16(3)26(14)15(2)13-29-5)11-20(12-25)23(28)30-17(4)22(27)18-6-8-21(24)9-7-18/h6-11,15,17H,13H2,1-5H3/b20-11+/t15-,17-/m0/s1. The van der Waals surface area contributed by atoms with Gasteiger partial charge in [0.1, 0.15) is 17.5 Å². The summed E-state index contributed by atoms with van der Waals surface area (Å²) in [7, 11) is 1.63. The molecule has 0 aliphatic heterocycles. The van der Waals surface area contributed by atoms with Crippen LogP contribution in [0.2, 0.25) is 0 Å². The van der Waals surface area contributed by atoms with E-state index in [1.54, 1.807) is 7.11 Å². The van der Waals surface area contributed by atoms with Crippen LogP contribution < -0.4 is 0 Å². The Balaban J connectivity index is 2.21. The number of aromatic nitrogens is 1. The molecule has 0 saturated heterocycles. The van der Waals surface area contributed by atoms with Gasteiger partial charge in [0.15, 0.2) is 6.10 Å². The molecule has 2 rings (SSSR count). The Labute approximate surface area is 175 Å². The highest BCUT2D eigenvalue weighted by Gasteiger charge is 2.22.